The van der Waals surface area contributed by atoms with Crippen molar-refractivity contribution in [2.24, 2.45) is 0 Å². The predicted octanol–water partition coefficient (Wildman–Crippen LogP) is -0.598. The molecule has 2 aromatic heterocycles. The zero-order chi connectivity index (χ0) is 15.6. The minimum atomic E-state index is -1.03. The molecule has 0 aliphatic rings. The minimum absolute atomic E-state index is 0.0251. The van der Waals surface area contributed by atoms with Crippen LogP contribution < -0.4 is 5.73 Å². The Balaban J connectivity index is 2.41. The Labute approximate surface area is 119 Å². The fourth-order valence-corrected chi connectivity index (χ4v) is 1.99. The molecule has 0 radical (unpaired) electrons. The summed E-state index contributed by atoms with van der Waals surface area (Å²) < 4.78 is 20.6. The van der Waals surface area contributed by atoms with E-state index >= 15 is 0 Å². The molecule has 0 saturated heterocycles. The van der Waals surface area contributed by atoms with Gasteiger partial charge in [-0.3, -0.25) is 0 Å². The highest BCUT2D eigenvalue weighted by molar-refractivity contribution is 5.86. The lowest BCUT2D eigenvalue weighted by atomic mass is 10.2. The van der Waals surface area contributed by atoms with Gasteiger partial charge >= 0.3 is 0 Å². The molecule has 0 aliphatic carbocycles. The van der Waals surface area contributed by atoms with Crippen molar-refractivity contribution >= 4 is 16.9 Å². The lowest BCUT2D eigenvalue weighted by molar-refractivity contribution is -0.131. The predicted molar refractivity (Wildman–Crippen MR) is 71.7 cm³/mol. The number of rotatable bonds is 6. The Morgan fingerprint density at radius 2 is 2.10 bits per heavy atom. The molecule has 0 aliphatic heterocycles. The Kier molecular flexibility index (Phi) is 4.68. The molecule has 9 heteroatoms. The number of aromatic nitrogens is 3. The fourth-order valence-electron chi connectivity index (χ4n) is 1.99. The van der Waals surface area contributed by atoms with Crippen molar-refractivity contribution in [3.63, 3.8) is 0 Å². The van der Waals surface area contributed by atoms with Crippen LogP contribution in [0.5, 0.6) is 0 Å². The number of nitrogens with zero attached hydrogens (tertiary/aromatic N) is 3. The summed E-state index contributed by atoms with van der Waals surface area (Å²) in [5, 5.41) is 28.1. The number of hydrogen-bond acceptors (Lipinski definition) is 7. The highest BCUT2D eigenvalue weighted by Gasteiger charge is 2.24. The van der Waals surface area contributed by atoms with Crippen LogP contribution in [0.4, 0.5) is 10.2 Å². The maximum Gasteiger partial charge on any atom is 0.159 e. The van der Waals surface area contributed by atoms with Gasteiger partial charge in [0.2, 0.25) is 0 Å². The van der Waals surface area contributed by atoms with Crippen LogP contribution in [0, 0.1) is 5.82 Å². The summed E-state index contributed by atoms with van der Waals surface area (Å²) in [6.45, 7) is 0.479. The molecule has 0 spiro atoms. The lowest BCUT2D eigenvalue weighted by Crippen LogP contribution is -2.34. The van der Waals surface area contributed by atoms with Crippen molar-refractivity contribution in [1.29, 1.82) is 0 Å². The summed E-state index contributed by atoms with van der Waals surface area (Å²) >= 11 is 0. The van der Waals surface area contributed by atoms with Gasteiger partial charge in [0.05, 0.1) is 24.7 Å². The molecule has 2 rings (SSSR count). The van der Waals surface area contributed by atoms with Crippen molar-refractivity contribution in [3.8, 4) is 0 Å². The summed E-state index contributed by atoms with van der Waals surface area (Å²) in [5.41, 5.74) is 5.75. The first kappa shape index (κ1) is 15.6. The van der Waals surface area contributed by atoms with Gasteiger partial charge in [-0.2, -0.15) is 0 Å². The van der Waals surface area contributed by atoms with Gasteiger partial charge in [0.15, 0.2) is 17.7 Å². The summed E-state index contributed by atoms with van der Waals surface area (Å²) in [4.78, 5) is 7.63. The van der Waals surface area contributed by atoms with Crippen LogP contribution in [-0.4, -0.2) is 55.3 Å². The number of hydrogen-bond donors (Lipinski definition) is 4. The first-order valence-corrected chi connectivity index (χ1v) is 6.31. The third kappa shape index (κ3) is 2.95. The second-order valence-corrected chi connectivity index (χ2v) is 4.58. The van der Waals surface area contributed by atoms with Gasteiger partial charge in [0.25, 0.3) is 0 Å². The van der Waals surface area contributed by atoms with Crippen LogP contribution in [0.1, 0.15) is 13.2 Å². The summed E-state index contributed by atoms with van der Waals surface area (Å²) in [6, 6.07) is 0. The van der Waals surface area contributed by atoms with E-state index < -0.39 is 37.5 Å². The van der Waals surface area contributed by atoms with Gasteiger partial charge in [-0.05, 0) is 6.92 Å². The summed E-state index contributed by atoms with van der Waals surface area (Å²) in [7, 11) is 0. The SMILES string of the molecule is C[C@@H](O)[C@@H](CO)O[C@H](CO)n1cc(F)c2c(N)ncnc21. The second kappa shape index (κ2) is 6.31. The number of fused-ring (bicyclic) bond motifs is 1. The lowest BCUT2D eigenvalue weighted by Gasteiger charge is -2.25. The van der Waals surface area contributed by atoms with Gasteiger partial charge in [0.1, 0.15) is 18.2 Å². The van der Waals surface area contributed by atoms with Crippen LogP contribution in [-0.2, 0) is 4.74 Å². The number of anilines is 1. The maximum atomic E-state index is 13.9. The van der Waals surface area contributed by atoms with E-state index in [0.29, 0.717) is 0 Å². The van der Waals surface area contributed by atoms with Crippen molar-refractivity contribution < 1.29 is 24.4 Å². The van der Waals surface area contributed by atoms with Gasteiger partial charge < -0.3 is 30.4 Å². The average molecular weight is 300 g/mol. The summed E-state index contributed by atoms with van der Waals surface area (Å²) in [5.74, 6) is -0.676. The number of nitrogens with two attached hydrogens (primary N) is 1. The molecule has 2 aromatic rings. The van der Waals surface area contributed by atoms with E-state index in [1.54, 1.807) is 0 Å². The van der Waals surface area contributed by atoms with E-state index in [1.807, 2.05) is 0 Å². The molecule has 8 nitrogen and oxygen atoms in total. The van der Waals surface area contributed by atoms with Crippen LogP contribution in [0.2, 0.25) is 0 Å². The Morgan fingerprint density at radius 1 is 1.38 bits per heavy atom. The van der Waals surface area contributed by atoms with Crippen LogP contribution >= 0.6 is 0 Å². The standard InChI is InChI=1S/C12H17FN4O4/c1-6(20)8(3-18)21-9(4-19)17-2-7(13)10-11(14)15-5-16-12(10)17/h2,5-6,8-9,18-20H,3-4H2,1H3,(H2,14,15,16)/t6-,8-,9-/m1/s1. The highest BCUT2D eigenvalue weighted by Crippen LogP contribution is 2.26. The minimum Gasteiger partial charge on any atom is -0.394 e. The van der Waals surface area contributed by atoms with E-state index in [1.165, 1.54) is 17.8 Å². The zero-order valence-corrected chi connectivity index (χ0v) is 11.3. The van der Waals surface area contributed by atoms with E-state index in [2.05, 4.69) is 9.97 Å². The monoisotopic (exact) mass is 300 g/mol. The molecule has 21 heavy (non-hydrogen) atoms. The molecule has 0 unspecified atom stereocenters. The molecule has 5 N–H and O–H groups in total. The van der Waals surface area contributed by atoms with Crippen molar-refractivity contribution in [2.75, 3.05) is 18.9 Å². The van der Waals surface area contributed by atoms with Gasteiger partial charge in [-0.1, -0.05) is 0 Å². The van der Waals surface area contributed by atoms with Crippen molar-refractivity contribution in [1.82, 2.24) is 14.5 Å². The number of ether oxygens (including phenoxy) is 1. The van der Waals surface area contributed by atoms with Gasteiger partial charge in [-0.15, -0.1) is 0 Å². The molecule has 0 bridgehead atoms. The molecule has 0 aromatic carbocycles. The normalized spacial score (nSPS) is 16.0. The Morgan fingerprint density at radius 3 is 2.67 bits per heavy atom. The van der Waals surface area contributed by atoms with E-state index in [4.69, 9.17) is 15.6 Å². The summed E-state index contributed by atoms with van der Waals surface area (Å²) in [6.07, 6.45) is -0.678. The fraction of sp³-hybridized carbons (Fsp3) is 0.500. The highest BCUT2D eigenvalue weighted by atomic mass is 19.1. The van der Waals surface area contributed by atoms with Gasteiger partial charge in [-0.25, -0.2) is 14.4 Å². The number of aliphatic hydroxyl groups excluding tert-OH is 3. The third-order valence-electron chi connectivity index (χ3n) is 3.11. The number of halogens is 1. The number of nitrogen functional groups attached to an aromatic ring is 1. The smallest absolute Gasteiger partial charge is 0.159 e. The average Bonchev–Trinajstić information content (AvgIpc) is 2.78. The Bertz CT molecular complexity index is 619. The quantitative estimate of drug-likeness (QED) is 0.561. The van der Waals surface area contributed by atoms with Crippen molar-refractivity contribution in [2.45, 2.75) is 25.4 Å². The van der Waals surface area contributed by atoms with Crippen LogP contribution in [0.3, 0.4) is 0 Å². The van der Waals surface area contributed by atoms with Crippen molar-refractivity contribution in [3.05, 3.63) is 18.3 Å². The molecule has 3 atom stereocenters. The van der Waals surface area contributed by atoms with Gasteiger partial charge in [0, 0.05) is 6.20 Å². The molecule has 0 amide bonds. The van der Waals surface area contributed by atoms with Crippen LogP contribution in [0.15, 0.2) is 12.5 Å². The number of aliphatic hydroxyl groups is 3. The molecule has 0 saturated carbocycles. The van der Waals surface area contributed by atoms with Crippen LogP contribution in [0.25, 0.3) is 11.0 Å². The molecular formula is C12H17FN4O4. The zero-order valence-electron chi connectivity index (χ0n) is 11.3. The van der Waals surface area contributed by atoms with E-state index in [-0.39, 0.29) is 16.9 Å². The first-order valence-electron chi connectivity index (χ1n) is 6.31. The maximum absolute atomic E-state index is 13.9. The van der Waals surface area contributed by atoms with E-state index in [9.17, 15) is 14.6 Å². The van der Waals surface area contributed by atoms with E-state index in [0.717, 1.165) is 6.20 Å². The molecule has 2 heterocycles. The molecule has 0 fully saturated rings. The first-order chi connectivity index (χ1) is 9.99. The topological polar surface area (TPSA) is 127 Å². The molecular weight excluding hydrogens is 283 g/mol. The largest absolute Gasteiger partial charge is 0.394 e. The third-order valence-corrected chi connectivity index (χ3v) is 3.11. The Hall–Kier alpha value is -1.81. The second-order valence-electron chi connectivity index (χ2n) is 4.58. The molecule has 116 valence electrons.